The summed E-state index contributed by atoms with van der Waals surface area (Å²) < 4.78 is 0. The number of anilines is 6. The molecule has 0 saturated carbocycles. The van der Waals surface area contributed by atoms with Gasteiger partial charge >= 0.3 is 0 Å². The van der Waals surface area contributed by atoms with Crippen LogP contribution in [0.4, 0.5) is 34.1 Å². The molecule has 53 heavy (non-hydrogen) atoms. The van der Waals surface area contributed by atoms with Crippen LogP contribution >= 0.6 is 0 Å². The second-order valence-electron chi connectivity index (χ2n) is 15.8. The summed E-state index contributed by atoms with van der Waals surface area (Å²) in [6, 6.07) is 65.0. The van der Waals surface area contributed by atoms with Crippen molar-refractivity contribution < 1.29 is 0 Å². The second kappa shape index (κ2) is 13.3. The summed E-state index contributed by atoms with van der Waals surface area (Å²) in [6.45, 7) is 6.87. The average Bonchev–Trinajstić information content (AvgIpc) is 3.78. The molecule has 1 atom stereocenters. The van der Waals surface area contributed by atoms with Gasteiger partial charge in [-0.3, -0.25) is 0 Å². The highest BCUT2D eigenvalue weighted by Gasteiger charge is 2.49. The highest BCUT2D eigenvalue weighted by Crippen LogP contribution is 2.59. The minimum atomic E-state index is -0.118. The average molecular weight is 687 g/mol. The van der Waals surface area contributed by atoms with E-state index < -0.39 is 0 Å². The van der Waals surface area contributed by atoms with Crippen molar-refractivity contribution in [3.63, 3.8) is 0 Å². The monoisotopic (exact) mass is 686 g/mol. The van der Waals surface area contributed by atoms with Crippen molar-refractivity contribution in [1.29, 1.82) is 0 Å². The van der Waals surface area contributed by atoms with Crippen LogP contribution < -0.4 is 9.80 Å². The SMILES string of the molecule is CC(C)(C)c1ccc(N(c2ccc(-c3ccccc3)cc2)c2cccc3c2[C@]2(CCc4cccc(N(c5ccccc5)c5ccccc5)c42)CC3)cc1. The van der Waals surface area contributed by atoms with Gasteiger partial charge < -0.3 is 9.80 Å². The van der Waals surface area contributed by atoms with Crippen molar-refractivity contribution in [3.8, 4) is 11.1 Å². The van der Waals surface area contributed by atoms with Gasteiger partial charge in [0.2, 0.25) is 0 Å². The summed E-state index contributed by atoms with van der Waals surface area (Å²) in [5.74, 6) is 0. The number of fused-ring (bicyclic) bond motifs is 4. The Kier molecular flexibility index (Phi) is 8.27. The van der Waals surface area contributed by atoms with Gasteiger partial charge in [0.15, 0.2) is 0 Å². The molecule has 7 aromatic carbocycles. The molecular formula is C51H46N2. The van der Waals surface area contributed by atoms with Crippen LogP contribution in [0.3, 0.4) is 0 Å². The van der Waals surface area contributed by atoms with Gasteiger partial charge in [-0.05, 0) is 131 Å². The number of para-hydroxylation sites is 2. The maximum absolute atomic E-state index is 2.53. The van der Waals surface area contributed by atoms with E-state index >= 15 is 0 Å². The van der Waals surface area contributed by atoms with E-state index in [1.165, 1.54) is 73.1 Å². The van der Waals surface area contributed by atoms with E-state index in [0.29, 0.717) is 0 Å². The summed E-state index contributed by atoms with van der Waals surface area (Å²) in [4.78, 5) is 5.01. The number of nitrogens with zero attached hydrogens (tertiary/aromatic N) is 2. The molecule has 0 fully saturated rings. The Labute approximate surface area is 315 Å². The molecule has 2 aliphatic rings. The van der Waals surface area contributed by atoms with Crippen molar-refractivity contribution in [1.82, 2.24) is 0 Å². The van der Waals surface area contributed by atoms with E-state index in [-0.39, 0.29) is 10.8 Å². The standard InChI is InChI=1S/C51H46N2/c1-50(2,3)41-27-31-45(32-28-41)53(44-29-25-38(26-30-44)37-15-7-4-8-16-37)47-24-14-18-40-34-36-51(49(40)47)35-33-39-17-13-23-46(48(39)51)52(42-19-9-5-10-20-42)43-21-11-6-12-22-43/h4-32H,33-36H2,1-3H3/t51-/m1/s1. The molecule has 9 rings (SSSR count). The predicted molar refractivity (Wildman–Crippen MR) is 224 cm³/mol. The lowest BCUT2D eigenvalue weighted by atomic mass is 9.74. The molecule has 0 N–H and O–H groups in total. The highest BCUT2D eigenvalue weighted by molar-refractivity contribution is 5.86. The Morgan fingerprint density at radius 1 is 0.396 bits per heavy atom. The molecule has 260 valence electrons. The third-order valence-electron chi connectivity index (χ3n) is 11.6. The maximum Gasteiger partial charge on any atom is 0.0505 e. The summed E-state index contributed by atoms with van der Waals surface area (Å²) in [5, 5.41) is 0. The summed E-state index contributed by atoms with van der Waals surface area (Å²) in [6.07, 6.45) is 4.34. The van der Waals surface area contributed by atoms with Crippen molar-refractivity contribution >= 4 is 34.1 Å². The molecule has 0 bridgehead atoms. The van der Waals surface area contributed by atoms with Gasteiger partial charge in [-0.25, -0.2) is 0 Å². The van der Waals surface area contributed by atoms with Crippen molar-refractivity contribution in [2.75, 3.05) is 9.80 Å². The first-order chi connectivity index (χ1) is 25.9. The molecule has 7 aromatic rings. The molecule has 0 heterocycles. The van der Waals surface area contributed by atoms with Gasteiger partial charge in [0, 0.05) is 28.2 Å². The van der Waals surface area contributed by atoms with Crippen LogP contribution in [-0.4, -0.2) is 0 Å². The highest BCUT2D eigenvalue weighted by atomic mass is 15.2. The van der Waals surface area contributed by atoms with Crippen LogP contribution in [0.25, 0.3) is 11.1 Å². The summed E-state index contributed by atoms with van der Waals surface area (Å²) in [7, 11) is 0. The van der Waals surface area contributed by atoms with E-state index in [0.717, 1.165) is 25.7 Å². The molecule has 0 unspecified atom stereocenters. The molecule has 0 saturated heterocycles. The molecule has 1 spiro atoms. The van der Waals surface area contributed by atoms with Gasteiger partial charge in [0.25, 0.3) is 0 Å². The number of hydrogen-bond donors (Lipinski definition) is 0. The first-order valence-electron chi connectivity index (χ1n) is 19.1. The summed E-state index contributed by atoms with van der Waals surface area (Å²) >= 11 is 0. The van der Waals surface area contributed by atoms with Gasteiger partial charge in [-0.2, -0.15) is 0 Å². The fraction of sp³-hybridized carbons (Fsp3) is 0.176. The van der Waals surface area contributed by atoms with Gasteiger partial charge in [-0.1, -0.05) is 136 Å². The topological polar surface area (TPSA) is 6.48 Å². The minimum Gasteiger partial charge on any atom is -0.310 e. The van der Waals surface area contributed by atoms with Crippen LogP contribution in [0.5, 0.6) is 0 Å². The lowest BCUT2D eigenvalue weighted by Gasteiger charge is -2.37. The van der Waals surface area contributed by atoms with Crippen LogP contribution in [0.2, 0.25) is 0 Å². The predicted octanol–water partition coefficient (Wildman–Crippen LogP) is 13.8. The number of benzene rings is 7. The zero-order valence-corrected chi connectivity index (χ0v) is 31.0. The van der Waals surface area contributed by atoms with E-state index in [1.807, 2.05) is 0 Å². The fourth-order valence-corrected chi connectivity index (χ4v) is 9.07. The molecule has 0 aromatic heterocycles. The Hall–Kier alpha value is -5.86. The molecule has 0 radical (unpaired) electrons. The Morgan fingerprint density at radius 3 is 1.25 bits per heavy atom. The van der Waals surface area contributed by atoms with Crippen molar-refractivity contribution in [3.05, 3.63) is 204 Å². The zero-order chi connectivity index (χ0) is 36.0. The number of aryl methyl sites for hydroxylation is 2. The lowest BCUT2D eigenvalue weighted by Crippen LogP contribution is -2.27. The Balaban J connectivity index is 1.24. The van der Waals surface area contributed by atoms with Crippen LogP contribution in [0, 0.1) is 0 Å². The quantitative estimate of drug-likeness (QED) is 0.165. The van der Waals surface area contributed by atoms with Crippen LogP contribution in [-0.2, 0) is 23.7 Å². The molecular weight excluding hydrogens is 641 g/mol. The Bertz CT molecular complexity index is 2310. The Morgan fingerprint density at radius 2 is 0.792 bits per heavy atom. The first-order valence-corrected chi connectivity index (χ1v) is 19.1. The number of hydrogen-bond acceptors (Lipinski definition) is 2. The molecule has 2 nitrogen and oxygen atoms in total. The normalized spacial score (nSPS) is 16.0. The third kappa shape index (κ3) is 5.83. The van der Waals surface area contributed by atoms with Gasteiger partial charge in [0.1, 0.15) is 0 Å². The minimum absolute atomic E-state index is 0.0755. The maximum atomic E-state index is 2.53. The summed E-state index contributed by atoms with van der Waals surface area (Å²) in [5.41, 5.74) is 16.9. The molecule has 0 amide bonds. The van der Waals surface area contributed by atoms with Crippen LogP contribution in [0.15, 0.2) is 176 Å². The van der Waals surface area contributed by atoms with Crippen molar-refractivity contribution in [2.45, 2.75) is 57.3 Å². The third-order valence-corrected chi connectivity index (χ3v) is 11.6. The first kappa shape index (κ1) is 33.0. The second-order valence-corrected chi connectivity index (χ2v) is 15.8. The zero-order valence-electron chi connectivity index (χ0n) is 31.0. The van der Waals surface area contributed by atoms with E-state index in [2.05, 4.69) is 206 Å². The van der Waals surface area contributed by atoms with Gasteiger partial charge in [0.05, 0.1) is 11.4 Å². The lowest BCUT2D eigenvalue weighted by molar-refractivity contribution is 0.508. The van der Waals surface area contributed by atoms with Crippen LogP contribution in [0.1, 0.15) is 61.4 Å². The fourth-order valence-electron chi connectivity index (χ4n) is 9.07. The van der Waals surface area contributed by atoms with E-state index in [1.54, 1.807) is 0 Å². The molecule has 2 heteroatoms. The molecule has 0 aliphatic heterocycles. The molecule has 2 aliphatic carbocycles. The van der Waals surface area contributed by atoms with E-state index in [4.69, 9.17) is 0 Å². The smallest absolute Gasteiger partial charge is 0.0505 e. The largest absolute Gasteiger partial charge is 0.310 e. The van der Waals surface area contributed by atoms with Gasteiger partial charge in [-0.15, -0.1) is 0 Å². The van der Waals surface area contributed by atoms with E-state index in [9.17, 15) is 0 Å². The number of rotatable bonds is 7. The van der Waals surface area contributed by atoms with Crippen molar-refractivity contribution in [2.24, 2.45) is 0 Å².